The predicted octanol–water partition coefficient (Wildman–Crippen LogP) is 0.464. The van der Waals surface area contributed by atoms with Gasteiger partial charge in [0.05, 0.1) is 0 Å². The molecule has 0 spiro atoms. The summed E-state index contributed by atoms with van der Waals surface area (Å²) in [6, 6.07) is 0. The van der Waals surface area contributed by atoms with E-state index in [4.69, 9.17) is 0 Å². The Labute approximate surface area is 68.8 Å². The molecule has 0 aliphatic rings. The second kappa shape index (κ2) is 6.16. The molecule has 0 atom stereocenters. The Bertz CT molecular complexity index is 113. The van der Waals surface area contributed by atoms with Gasteiger partial charge in [-0.15, -0.1) is 0 Å². The van der Waals surface area contributed by atoms with Crippen molar-refractivity contribution in [3.63, 3.8) is 0 Å². The Balaban J connectivity index is 3.18. The fourth-order valence-corrected chi connectivity index (χ4v) is 0.765. The molecule has 0 saturated heterocycles. The van der Waals surface area contributed by atoms with Crippen LogP contribution in [0, 0.1) is 0 Å². The van der Waals surface area contributed by atoms with Gasteiger partial charge in [-0.05, 0) is 19.5 Å². The molecule has 1 N–H and O–H groups in total. The van der Waals surface area contributed by atoms with Crippen LogP contribution >= 0.6 is 0 Å². The largest absolute Gasteiger partial charge is 0.349 e. The zero-order chi connectivity index (χ0) is 8.69. The maximum absolute atomic E-state index is 11.0. The molecule has 0 radical (unpaired) electrons. The molecule has 0 saturated carbocycles. The van der Waals surface area contributed by atoms with Gasteiger partial charge in [-0.25, -0.2) is 0 Å². The van der Waals surface area contributed by atoms with Crippen molar-refractivity contribution < 1.29 is 4.79 Å². The number of hydrogen-bond donors (Lipinski definition) is 1. The normalized spacial score (nSPS) is 9.73. The molecule has 1 amide bonds. The highest BCUT2D eigenvalue weighted by Crippen LogP contribution is 1.91. The quantitative estimate of drug-likeness (QED) is 0.590. The molecule has 0 fully saturated rings. The Hall–Kier alpha value is -0.570. The summed E-state index contributed by atoms with van der Waals surface area (Å²) in [5.41, 5.74) is 0. The standard InChI is InChI=1S/C8H18N2O/c1-4-9-7-5-6-8(11)10(2)3/h9H,4-7H2,1-3H3. The van der Waals surface area contributed by atoms with Crippen molar-refractivity contribution >= 4 is 5.91 Å². The van der Waals surface area contributed by atoms with Crippen molar-refractivity contribution in [3.05, 3.63) is 0 Å². The molecule has 3 nitrogen and oxygen atoms in total. The van der Waals surface area contributed by atoms with Gasteiger partial charge in [0.2, 0.25) is 5.91 Å². The summed E-state index contributed by atoms with van der Waals surface area (Å²) in [6.07, 6.45) is 1.59. The van der Waals surface area contributed by atoms with Crippen molar-refractivity contribution in [1.29, 1.82) is 0 Å². The molecule has 0 rings (SSSR count). The monoisotopic (exact) mass is 158 g/mol. The third kappa shape index (κ3) is 5.85. The Morgan fingerprint density at radius 2 is 2.09 bits per heavy atom. The van der Waals surface area contributed by atoms with E-state index in [2.05, 4.69) is 12.2 Å². The number of nitrogens with zero attached hydrogens (tertiary/aromatic N) is 1. The van der Waals surface area contributed by atoms with Gasteiger partial charge in [0.15, 0.2) is 0 Å². The SMILES string of the molecule is CCNCCCC(=O)N(C)C. The van der Waals surface area contributed by atoms with E-state index in [1.54, 1.807) is 19.0 Å². The molecular formula is C8H18N2O. The zero-order valence-electron chi connectivity index (χ0n) is 7.68. The van der Waals surface area contributed by atoms with Gasteiger partial charge >= 0.3 is 0 Å². The highest BCUT2D eigenvalue weighted by atomic mass is 16.2. The first kappa shape index (κ1) is 10.4. The third-order valence-electron chi connectivity index (χ3n) is 1.49. The smallest absolute Gasteiger partial charge is 0.222 e. The number of amides is 1. The summed E-state index contributed by atoms with van der Waals surface area (Å²) in [5, 5.41) is 3.17. The average Bonchev–Trinajstić information content (AvgIpc) is 1.97. The fraction of sp³-hybridized carbons (Fsp3) is 0.875. The summed E-state index contributed by atoms with van der Waals surface area (Å²) in [7, 11) is 3.57. The van der Waals surface area contributed by atoms with Crippen LogP contribution < -0.4 is 5.32 Å². The van der Waals surface area contributed by atoms with Crippen LogP contribution in [0.25, 0.3) is 0 Å². The lowest BCUT2D eigenvalue weighted by atomic mass is 10.3. The molecule has 0 aliphatic heterocycles. The highest BCUT2D eigenvalue weighted by Gasteiger charge is 2.01. The molecule has 0 unspecified atom stereocenters. The minimum absolute atomic E-state index is 0.211. The van der Waals surface area contributed by atoms with Gasteiger partial charge < -0.3 is 10.2 Å². The lowest BCUT2D eigenvalue weighted by Crippen LogP contribution is -2.23. The summed E-state index contributed by atoms with van der Waals surface area (Å²) < 4.78 is 0. The Kier molecular flexibility index (Phi) is 5.84. The summed E-state index contributed by atoms with van der Waals surface area (Å²) in [6.45, 7) is 3.99. The van der Waals surface area contributed by atoms with Crippen LogP contribution in [0.15, 0.2) is 0 Å². The second-order valence-corrected chi connectivity index (χ2v) is 2.75. The van der Waals surface area contributed by atoms with E-state index >= 15 is 0 Å². The van der Waals surface area contributed by atoms with Gasteiger partial charge in [0, 0.05) is 20.5 Å². The van der Waals surface area contributed by atoms with E-state index in [-0.39, 0.29) is 5.91 Å². The molecule has 0 aromatic carbocycles. The molecule has 0 aliphatic carbocycles. The average molecular weight is 158 g/mol. The van der Waals surface area contributed by atoms with Crippen LogP contribution in [0.1, 0.15) is 19.8 Å². The van der Waals surface area contributed by atoms with Crippen molar-refractivity contribution in [3.8, 4) is 0 Å². The molecule has 0 aromatic heterocycles. The number of nitrogens with one attached hydrogen (secondary N) is 1. The van der Waals surface area contributed by atoms with Crippen LogP contribution in [-0.4, -0.2) is 38.0 Å². The number of carbonyl (C=O) groups excluding carboxylic acids is 1. The first-order valence-electron chi connectivity index (χ1n) is 4.09. The van der Waals surface area contributed by atoms with Crippen LogP contribution in [0.5, 0.6) is 0 Å². The van der Waals surface area contributed by atoms with E-state index < -0.39 is 0 Å². The maximum Gasteiger partial charge on any atom is 0.222 e. The maximum atomic E-state index is 11.0. The molecule has 0 aromatic rings. The minimum atomic E-state index is 0.211. The number of rotatable bonds is 5. The van der Waals surface area contributed by atoms with E-state index in [1.807, 2.05) is 0 Å². The van der Waals surface area contributed by atoms with Gasteiger partial charge in [0.25, 0.3) is 0 Å². The third-order valence-corrected chi connectivity index (χ3v) is 1.49. The number of hydrogen-bond acceptors (Lipinski definition) is 2. The summed E-state index contributed by atoms with van der Waals surface area (Å²) in [4.78, 5) is 12.6. The summed E-state index contributed by atoms with van der Waals surface area (Å²) >= 11 is 0. The topological polar surface area (TPSA) is 32.3 Å². The fourth-order valence-electron chi connectivity index (χ4n) is 0.765. The van der Waals surface area contributed by atoms with Crippen LogP contribution in [0.3, 0.4) is 0 Å². The first-order chi connectivity index (χ1) is 5.18. The van der Waals surface area contributed by atoms with E-state index in [1.165, 1.54) is 0 Å². The lowest BCUT2D eigenvalue weighted by molar-refractivity contribution is -0.128. The second-order valence-electron chi connectivity index (χ2n) is 2.75. The van der Waals surface area contributed by atoms with Crippen LogP contribution in [0.2, 0.25) is 0 Å². The Morgan fingerprint density at radius 1 is 1.45 bits per heavy atom. The number of carbonyl (C=O) groups is 1. The van der Waals surface area contributed by atoms with Gasteiger partial charge in [0.1, 0.15) is 0 Å². The minimum Gasteiger partial charge on any atom is -0.349 e. The zero-order valence-corrected chi connectivity index (χ0v) is 7.68. The summed E-state index contributed by atoms with van der Waals surface area (Å²) in [5.74, 6) is 0.211. The van der Waals surface area contributed by atoms with Crippen LogP contribution in [0.4, 0.5) is 0 Å². The molecule has 11 heavy (non-hydrogen) atoms. The molecule has 0 bridgehead atoms. The van der Waals surface area contributed by atoms with Crippen molar-refractivity contribution in [2.75, 3.05) is 27.2 Å². The van der Waals surface area contributed by atoms with E-state index in [0.717, 1.165) is 19.5 Å². The molecule has 3 heteroatoms. The lowest BCUT2D eigenvalue weighted by Gasteiger charge is -2.09. The first-order valence-corrected chi connectivity index (χ1v) is 4.09. The molecule has 0 heterocycles. The van der Waals surface area contributed by atoms with E-state index in [9.17, 15) is 4.79 Å². The predicted molar refractivity (Wildman–Crippen MR) is 46.5 cm³/mol. The van der Waals surface area contributed by atoms with E-state index in [0.29, 0.717) is 6.42 Å². The molecular weight excluding hydrogens is 140 g/mol. The molecule has 66 valence electrons. The Morgan fingerprint density at radius 3 is 2.55 bits per heavy atom. The van der Waals surface area contributed by atoms with Gasteiger partial charge in [-0.3, -0.25) is 4.79 Å². The van der Waals surface area contributed by atoms with Gasteiger partial charge in [-0.1, -0.05) is 6.92 Å². The highest BCUT2D eigenvalue weighted by molar-refractivity contribution is 5.75. The van der Waals surface area contributed by atoms with Crippen molar-refractivity contribution in [2.24, 2.45) is 0 Å². The van der Waals surface area contributed by atoms with Crippen molar-refractivity contribution in [2.45, 2.75) is 19.8 Å². The van der Waals surface area contributed by atoms with Crippen LogP contribution in [-0.2, 0) is 4.79 Å². The van der Waals surface area contributed by atoms with Crippen molar-refractivity contribution in [1.82, 2.24) is 10.2 Å². The van der Waals surface area contributed by atoms with Gasteiger partial charge in [-0.2, -0.15) is 0 Å².